The second-order valence-corrected chi connectivity index (χ2v) is 5.28. The number of nitrogens with one attached hydrogen (secondary N) is 2. The summed E-state index contributed by atoms with van der Waals surface area (Å²) < 4.78 is 5.45. The summed E-state index contributed by atoms with van der Waals surface area (Å²) in [7, 11) is 0. The second kappa shape index (κ2) is 11.0. The molecule has 0 radical (unpaired) electrons. The molecule has 0 saturated carbocycles. The van der Waals surface area contributed by atoms with Gasteiger partial charge in [0.05, 0.1) is 18.1 Å². The molecule has 1 atom stereocenters. The van der Waals surface area contributed by atoms with Crippen molar-refractivity contribution in [3.63, 3.8) is 0 Å². The standard InChI is InChI=1S/C14H20Cl2N2O2.ClH/c1-3-17-10(2)9-18-14(19)6-7-20-13-5-4-11(15)8-12(13)16;/h4-5,8,10,17H,3,6-7,9H2,1-2H3,(H,18,19);1H/t10-;/m1./s1. The summed E-state index contributed by atoms with van der Waals surface area (Å²) >= 11 is 11.8. The molecular formula is C14H21Cl3N2O2. The van der Waals surface area contributed by atoms with E-state index in [2.05, 4.69) is 10.6 Å². The lowest BCUT2D eigenvalue weighted by Crippen LogP contribution is -2.39. The summed E-state index contributed by atoms with van der Waals surface area (Å²) in [6.45, 7) is 5.82. The van der Waals surface area contributed by atoms with E-state index in [0.29, 0.717) is 22.3 Å². The van der Waals surface area contributed by atoms with Crippen LogP contribution in [0.3, 0.4) is 0 Å². The molecule has 0 aliphatic rings. The third-order valence-electron chi connectivity index (χ3n) is 2.64. The Morgan fingerprint density at radius 1 is 1.38 bits per heavy atom. The minimum Gasteiger partial charge on any atom is -0.491 e. The molecule has 0 spiro atoms. The van der Waals surface area contributed by atoms with Crippen LogP contribution in [0.25, 0.3) is 0 Å². The molecule has 21 heavy (non-hydrogen) atoms. The smallest absolute Gasteiger partial charge is 0.223 e. The highest BCUT2D eigenvalue weighted by molar-refractivity contribution is 6.35. The quantitative estimate of drug-likeness (QED) is 0.752. The van der Waals surface area contributed by atoms with Crippen LogP contribution in [0.4, 0.5) is 0 Å². The topological polar surface area (TPSA) is 50.4 Å². The highest BCUT2D eigenvalue weighted by Crippen LogP contribution is 2.27. The molecule has 2 N–H and O–H groups in total. The zero-order valence-electron chi connectivity index (χ0n) is 12.1. The zero-order valence-corrected chi connectivity index (χ0v) is 14.4. The minimum atomic E-state index is -0.0418. The van der Waals surface area contributed by atoms with Crippen molar-refractivity contribution in [2.24, 2.45) is 0 Å². The van der Waals surface area contributed by atoms with Crippen molar-refractivity contribution in [2.75, 3.05) is 19.7 Å². The summed E-state index contributed by atoms with van der Waals surface area (Å²) in [6.07, 6.45) is 0.289. The lowest BCUT2D eigenvalue weighted by Gasteiger charge is -2.13. The molecule has 120 valence electrons. The lowest BCUT2D eigenvalue weighted by molar-refractivity contribution is -0.121. The van der Waals surface area contributed by atoms with Gasteiger partial charge in [0, 0.05) is 17.6 Å². The molecule has 1 amide bonds. The number of amides is 1. The zero-order chi connectivity index (χ0) is 15.0. The van der Waals surface area contributed by atoms with Crippen molar-refractivity contribution >= 4 is 41.5 Å². The summed E-state index contributed by atoms with van der Waals surface area (Å²) in [5, 5.41) is 7.06. The molecule has 7 heteroatoms. The number of likely N-dealkylation sites (N-methyl/N-ethyl adjacent to an activating group) is 1. The van der Waals surface area contributed by atoms with Crippen LogP contribution in [-0.2, 0) is 4.79 Å². The van der Waals surface area contributed by atoms with E-state index in [1.54, 1.807) is 18.2 Å². The molecule has 0 bridgehead atoms. The molecule has 0 saturated heterocycles. The van der Waals surface area contributed by atoms with Crippen LogP contribution in [-0.4, -0.2) is 31.6 Å². The van der Waals surface area contributed by atoms with Crippen molar-refractivity contribution in [1.82, 2.24) is 10.6 Å². The number of carbonyl (C=O) groups is 1. The van der Waals surface area contributed by atoms with Gasteiger partial charge in [0.25, 0.3) is 0 Å². The SMILES string of the molecule is CCN[C@H](C)CNC(=O)CCOc1ccc(Cl)cc1Cl.Cl. The van der Waals surface area contributed by atoms with Crippen molar-refractivity contribution < 1.29 is 9.53 Å². The molecule has 1 rings (SSSR count). The number of benzene rings is 1. The number of hydrogen-bond acceptors (Lipinski definition) is 3. The second-order valence-electron chi connectivity index (χ2n) is 4.44. The molecule has 0 aliphatic carbocycles. The fourth-order valence-electron chi connectivity index (χ4n) is 1.62. The van der Waals surface area contributed by atoms with Crippen LogP contribution in [0.2, 0.25) is 10.0 Å². The Kier molecular flexibility index (Phi) is 10.6. The van der Waals surface area contributed by atoms with E-state index in [4.69, 9.17) is 27.9 Å². The van der Waals surface area contributed by atoms with Gasteiger partial charge in [-0.15, -0.1) is 12.4 Å². The van der Waals surface area contributed by atoms with Crippen LogP contribution < -0.4 is 15.4 Å². The fourth-order valence-corrected chi connectivity index (χ4v) is 2.08. The third kappa shape index (κ3) is 8.37. The Balaban J connectivity index is 0.00000400. The van der Waals surface area contributed by atoms with E-state index in [0.717, 1.165) is 6.54 Å². The highest BCUT2D eigenvalue weighted by Gasteiger charge is 2.06. The molecule has 0 heterocycles. The van der Waals surface area contributed by atoms with E-state index in [-0.39, 0.29) is 37.4 Å². The number of carbonyl (C=O) groups excluding carboxylic acids is 1. The minimum absolute atomic E-state index is 0. The molecule has 1 aromatic carbocycles. The average Bonchev–Trinajstić information content (AvgIpc) is 2.39. The van der Waals surface area contributed by atoms with Crippen molar-refractivity contribution in [3.05, 3.63) is 28.2 Å². The van der Waals surface area contributed by atoms with Crippen LogP contribution in [0.1, 0.15) is 20.3 Å². The van der Waals surface area contributed by atoms with Crippen LogP contribution >= 0.6 is 35.6 Å². The van der Waals surface area contributed by atoms with Crippen molar-refractivity contribution in [3.8, 4) is 5.75 Å². The van der Waals surface area contributed by atoms with Gasteiger partial charge in [0.15, 0.2) is 0 Å². The number of rotatable bonds is 8. The van der Waals surface area contributed by atoms with E-state index in [1.165, 1.54) is 0 Å². The Morgan fingerprint density at radius 3 is 2.71 bits per heavy atom. The lowest BCUT2D eigenvalue weighted by atomic mass is 10.3. The first kappa shape index (κ1) is 20.3. The average molecular weight is 356 g/mol. The van der Waals surface area contributed by atoms with Gasteiger partial charge in [-0.3, -0.25) is 4.79 Å². The molecular weight excluding hydrogens is 335 g/mol. The maximum atomic E-state index is 11.6. The Labute approximate surface area is 141 Å². The van der Waals surface area contributed by atoms with E-state index >= 15 is 0 Å². The van der Waals surface area contributed by atoms with E-state index < -0.39 is 0 Å². The van der Waals surface area contributed by atoms with E-state index in [1.807, 2.05) is 13.8 Å². The van der Waals surface area contributed by atoms with Gasteiger partial charge in [0.1, 0.15) is 5.75 Å². The predicted molar refractivity (Wildman–Crippen MR) is 90.0 cm³/mol. The first-order chi connectivity index (χ1) is 9.52. The van der Waals surface area contributed by atoms with Gasteiger partial charge in [-0.1, -0.05) is 30.1 Å². The first-order valence-electron chi connectivity index (χ1n) is 6.60. The van der Waals surface area contributed by atoms with Crippen LogP contribution in [0.5, 0.6) is 5.75 Å². The van der Waals surface area contributed by atoms with Crippen molar-refractivity contribution in [2.45, 2.75) is 26.3 Å². The van der Waals surface area contributed by atoms with Gasteiger partial charge in [-0.25, -0.2) is 0 Å². The number of ether oxygens (including phenoxy) is 1. The maximum absolute atomic E-state index is 11.6. The van der Waals surface area contributed by atoms with Gasteiger partial charge in [-0.2, -0.15) is 0 Å². The third-order valence-corrected chi connectivity index (χ3v) is 3.17. The Bertz CT molecular complexity index is 444. The maximum Gasteiger partial charge on any atom is 0.223 e. The Hall–Kier alpha value is -0.680. The number of hydrogen-bond donors (Lipinski definition) is 2. The number of halogens is 3. The largest absolute Gasteiger partial charge is 0.491 e. The van der Waals surface area contributed by atoms with E-state index in [9.17, 15) is 4.79 Å². The van der Waals surface area contributed by atoms with Gasteiger partial charge >= 0.3 is 0 Å². The van der Waals surface area contributed by atoms with Gasteiger partial charge in [0.2, 0.25) is 5.91 Å². The molecule has 0 aliphatic heterocycles. The summed E-state index contributed by atoms with van der Waals surface area (Å²) in [4.78, 5) is 11.6. The molecule has 0 unspecified atom stereocenters. The van der Waals surface area contributed by atoms with Crippen LogP contribution in [0, 0.1) is 0 Å². The molecule has 4 nitrogen and oxygen atoms in total. The monoisotopic (exact) mass is 354 g/mol. The van der Waals surface area contributed by atoms with Gasteiger partial charge in [-0.05, 0) is 31.7 Å². The normalized spacial score (nSPS) is 11.4. The molecule has 1 aromatic rings. The summed E-state index contributed by atoms with van der Waals surface area (Å²) in [5.74, 6) is 0.490. The van der Waals surface area contributed by atoms with Gasteiger partial charge < -0.3 is 15.4 Å². The summed E-state index contributed by atoms with van der Waals surface area (Å²) in [6, 6.07) is 5.25. The van der Waals surface area contributed by atoms with Crippen LogP contribution in [0.15, 0.2) is 18.2 Å². The van der Waals surface area contributed by atoms with Crippen molar-refractivity contribution in [1.29, 1.82) is 0 Å². The molecule has 0 fully saturated rings. The predicted octanol–water partition coefficient (Wildman–Crippen LogP) is 3.30. The Morgan fingerprint density at radius 2 is 2.10 bits per heavy atom. The molecule has 0 aromatic heterocycles. The highest BCUT2D eigenvalue weighted by atomic mass is 35.5. The summed E-state index contributed by atoms with van der Waals surface area (Å²) in [5.41, 5.74) is 0. The fraction of sp³-hybridized carbons (Fsp3) is 0.500. The first-order valence-corrected chi connectivity index (χ1v) is 7.36.